The van der Waals surface area contributed by atoms with Crippen LogP contribution in [-0.2, 0) is 4.79 Å². The third-order valence-corrected chi connectivity index (χ3v) is 2.65. The predicted molar refractivity (Wildman–Crippen MR) is 50.4 cm³/mol. The van der Waals surface area contributed by atoms with Gasteiger partial charge in [-0.1, -0.05) is 0 Å². The van der Waals surface area contributed by atoms with Crippen LogP contribution >= 0.6 is 11.8 Å². The molecule has 0 saturated carbocycles. The molecular weight excluding hydrogens is 176 g/mol. The molecule has 3 nitrogen and oxygen atoms in total. The van der Waals surface area contributed by atoms with Crippen LogP contribution in [0.3, 0.4) is 0 Å². The lowest BCUT2D eigenvalue weighted by molar-refractivity contribution is -0.146. The molecular formula is C8H16O3S. The topological polar surface area (TPSA) is 57.5 Å². The molecule has 4 heteroatoms. The Kier molecular flexibility index (Phi) is 5.33. The molecule has 2 N–H and O–H groups in total. The Morgan fingerprint density at radius 1 is 1.42 bits per heavy atom. The number of carboxylic acid groups (broad SMARTS) is 1. The van der Waals surface area contributed by atoms with Gasteiger partial charge in [0.2, 0.25) is 0 Å². The van der Waals surface area contributed by atoms with E-state index in [4.69, 9.17) is 10.2 Å². The van der Waals surface area contributed by atoms with Crippen molar-refractivity contribution in [3.8, 4) is 0 Å². The van der Waals surface area contributed by atoms with Crippen LogP contribution in [0.4, 0.5) is 0 Å². The normalized spacial score (nSPS) is 11.6. The van der Waals surface area contributed by atoms with Gasteiger partial charge in [-0.3, -0.25) is 4.79 Å². The van der Waals surface area contributed by atoms with Crippen LogP contribution in [0.25, 0.3) is 0 Å². The number of hydrogen-bond donors (Lipinski definition) is 2. The minimum atomic E-state index is -0.757. The van der Waals surface area contributed by atoms with E-state index in [-0.39, 0.29) is 6.61 Å². The van der Waals surface area contributed by atoms with Crippen LogP contribution < -0.4 is 0 Å². The summed E-state index contributed by atoms with van der Waals surface area (Å²) < 4.78 is 0. The molecule has 0 saturated heterocycles. The number of thioether (sulfide) groups is 1. The Labute approximate surface area is 77.2 Å². The van der Waals surface area contributed by atoms with Crippen LogP contribution in [-0.4, -0.2) is 34.3 Å². The Hall–Kier alpha value is -0.220. The highest BCUT2D eigenvalue weighted by molar-refractivity contribution is 7.99. The second-order valence-electron chi connectivity index (χ2n) is 3.28. The summed E-state index contributed by atoms with van der Waals surface area (Å²) in [6.07, 6.45) is 0.646. The molecule has 0 aliphatic rings. The molecule has 0 aliphatic carbocycles. The SMILES string of the molecule is CC(C)(CCSCCO)C(=O)O. The molecule has 0 bridgehead atoms. The number of aliphatic hydroxyl groups excluding tert-OH is 1. The van der Waals surface area contributed by atoms with E-state index in [0.717, 1.165) is 5.75 Å². The molecule has 0 unspecified atom stereocenters. The molecule has 72 valence electrons. The highest BCUT2D eigenvalue weighted by Gasteiger charge is 2.25. The number of hydrogen-bond acceptors (Lipinski definition) is 3. The molecule has 0 radical (unpaired) electrons. The predicted octanol–water partition coefficient (Wildman–Crippen LogP) is 1.21. The highest BCUT2D eigenvalue weighted by Crippen LogP contribution is 2.22. The molecule has 0 heterocycles. The zero-order chi connectivity index (χ0) is 9.61. The lowest BCUT2D eigenvalue weighted by Crippen LogP contribution is -2.24. The van der Waals surface area contributed by atoms with Crippen molar-refractivity contribution in [2.24, 2.45) is 5.41 Å². The Morgan fingerprint density at radius 2 is 2.00 bits per heavy atom. The van der Waals surface area contributed by atoms with Crippen molar-refractivity contribution >= 4 is 17.7 Å². The first-order chi connectivity index (χ1) is 5.50. The maximum atomic E-state index is 10.6. The van der Waals surface area contributed by atoms with Crippen LogP contribution in [0.1, 0.15) is 20.3 Å². The van der Waals surface area contributed by atoms with Gasteiger partial charge in [-0.25, -0.2) is 0 Å². The first-order valence-corrected chi connectivity index (χ1v) is 5.08. The Balaban J connectivity index is 3.54. The van der Waals surface area contributed by atoms with Gasteiger partial charge in [0, 0.05) is 5.75 Å². The monoisotopic (exact) mass is 192 g/mol. The number of carboxylic acids is 1. The summed E-state index contributed by atoms with van der Waals surface area (Å²) in [6.45, 7) is 3.60. The van der Waals surface area contributed by atoms with Crippen molar-refractivity contribution in [1.29, 1.82) is 0 Å². The molecule has 12 heavy (non-hydrogen) atoms. The van der Waals surface area contributed by atoms with Crippen LogP contribution in [0.2, 0.25) is 0 Å². The zero-order valence-electron chi connectivity index (χ0n) is 7.54. The van der Waals surface area contributed by atoms with Crippen LogP contribution in [0.15, 0.2) is 0 Å². The first kappa shape index (κ1) is 11.8. The van der Waals surface area contributed by atoms with E-state index >= 15 is 0 Å². The number of carbonyl (C=O) groups is 1. The van der Waals surface area contributed by atoms with E-state index in [1.807, 2.05) is 0 Å². The molecule has 0 aromatic heterocycles. The van der Waals surface area contributed by atoms with Crippen LogP contribution in [0.5, 0.6) is 0 Å². The molecule has 0 fully saturated rings. The molecule has 0 aromatic carbocycles. The summed E-state index contributed by atoms with van der Waals surface area (Å²) >= 11 is 1.58. The minimum Gasteiger partial charge on any atom is -0.481 e. The van der Waals surface area contributed by atoms with E-state index in [1.165, 1.54) is 0 Å². The van der Waals surface area contributed by atoms with Crippen molar-refractivity contribution in [3.05, 3.63) is 0 Å². The summed E-state index contributed by atoms with van der Waals surface area (Å²) in [5, 5.41) is 17.2. The van der Waals surface area contributed by atoms with Gasteiger partial charge in [0.1, 0.15) is 0 Å². The number of aliphatic carboxylic acids is 1. The maximum Gasteiger partial charge on any atom is 0.309 e. The van der Waals surface area contributed by atoms with Gasteiger partial charge in [-0.2, -0.15) is 11.8 Å². The number of rotatable bonds is 6. The second kappa shape index (κ2) is 5.43. The molecule has 0 aliphatic heterocycles. The Bertz CT molecular complexity index is 145. The largest absolute Gasteiger partial charge is 0.481 e. The fraction of sp³-hybridized carbons (Fsp3) is 0.875. The van der Waals surface area contributed by atoms with E-state index in [9.17, 15) is 4.79 Å². The fourth-order valence-electron chi connectivity index (χ4n) is 0.601. The van der Waals surface area contributed by atoms with Gasteiger partial charge >= 0.3 is 5.97 Å². The van der Waals surface area contributed by atoms with E-state index in [2.05, 4.69) is 0 Å². The third-order valence-electron chi connectivity index (χ3n) is 1.69. The van der Waals surface area contributed by atoms with Crippen molar-refractivity contribution in [1.82, 2.24) is 0 Å². The van der Waals surface area contributed by atoms with Gasteiger partial charge in [-0.05, 0) is 26.0 Å². The quantitative estimate of drug-likeness (QED) is 0.621. The summed E-state index contributed by atoms with van der Waals surface area (Å²) in [7, 11) is 0. The van der Waals surface area contributed by atoms with Gasteiger partial charge in [0.15, 0.2) is 0 Å². The van der Waals surface area contributed by atoms with E-state index in [1.54, 1.807) is 25.6 Å². The maximum absolute atomic E-state index is 10.6. The second-order valence-corrected chi connectivity index (χ2v) is 4.50. The summed E-state index contributed by atoms with van der Waals surface area (Å²) in [6, 6.07) is 0. The average Bonchev–Trinajstić information content (AvgIpc) is 1.98. The van der Waals surface area contributed by atoms with E-state index < -0.39 is 11.4 Å². The Morgan fingerprint density at radius 3 is 2.42 bits per heavy atom. The van der Waals surface area contributed by atoms with Gasteiger partial charge in [0.05, 0.1) is 12.0 Å². The van der Waals surface area contributed by atoms with Crippen molar-refractivity contribution in [3.63, 3.8) is 0 Å². The van der Waals surface area contributed by atoms with Gasteiger partial charge in [-0.15, -0.1) is 0 Å². The van der Waals surface area contributed by atoms with Crippen molar-refractivity contribution < 1.29 is 15.0 Å². The third kappa shape index (κ3) is 4.62. The molecule has 0 atom stereocenters. The summed E-state index contributed by atoms with van der Waals surface area (Å²) in [4.78, 5) is 10.6. The summed E-state index contributed by atoms with van der Waals surface area (Å²) in [5.41, 5.74) is -0.636. The van der Waals surface area contributed by atoms with Crippen LogP contribution in [0, 0.1) is 5.41 Å². The zero-order valence-corrected chi connectivity index (χ0v) is 8.36. The van der Waals surface area contributed by atoms with E-state index in [0.29, 0.717) is 12.2 Å². The standard InChI is InChI=1S/C8H16O3S/c1-8(2,7(10)11)3-5-12-6-4-9/h9H,3-6H2,1-2H3,(H,10,11). The van der Waals surface area contributed by atoms with Gasteiger partial charge < -0.3 is 10.2 Å². The molecule has 0 aromatic rings. The smallest absolute Gasteiger partial charge is 0.309 e. The lowest BCUT2D eigenvalue weighted by atomic mass is 9.91. The molecule has 0 amide bonds. The fourth-order valence-corrected chi connectivity index (χ4v) is 1.59. The molecule has 0 spiro atoms. The first-order valence-electron chi connectivity index (χ1n) is 3.92. The van der Waals surface area contributed by atoms with Crippen molar-refractivity contribution in [2.75, 3.05) is 18.1 Å². The van der Waals surface area contributed by atoms with Crippen molar-refractivity contribution in [2.45, 2.75) is 20.3 Å². The number of aliphatic hydroxyl groups is 1. The minimum absolute atomic E-state index is 0.165. The highest BCUT2D eigenvalue weighted by atomic mass is 32.2. The average molecular weight is 192 g/mol. The summed E-state index contributed by atoms with van der Waals surface area (Å²) in [5.74, 6) is 0.724. The molecule has 0 rings (SSSR count). The van der Waals surface area contributed by atoms with Gasteiger partial charge in [0.25, 0.3) is 0 Å². The lowest BCUT2D eigenvalue weighted by Gasteiger charge is -2.17.